The van der Waals surface area contributed by atoms with E-state index in [1.54, 1.807) is 0 Å². The maximum absolute atomic E-state index is 12.9. The molecule has 1 amide bonds. The van der Waals surface area contributed by atoms with Crippen LogP contribution in [0.5, 0.6) is 0 Å². The molecule has 0 unspecified atom stereocenters. The molecule has 1 fully saturated rings. The third-order valence-electron chi connectivity index (χ3n) is 5.92. The van der Waals surface area contributed by atoms with E-state index in [1.165, 1.54) is 0 Å². The SMILES string of the molecule is C[C@H]1CN(C(=O)c2ccccc2)CCN1c1nnc(-c2ccccc2)c2ccccc12. The summed E-state index contributed by atoms with van der Waals surface area (Å²) in [7, 11) is 0. The van der Waals surface area contributed by atoms with Gasteiger partial charge in [-0.1, -0.05) is 72.8 Å². The number of nitrogens with zero attached hydrogens (tertiary/aromatic N) is 4. The van der Waals surface area contributed by atoms with Crippen molar-refractivity contribution >= 4 is 22.5 Å². The van der Waals surface area contributed by atoms with Crippen LogP contribution in [-0.4, -0.2) is 46.7 Å². The Balaban J connectivity index is 1.45. The van der Waals surface area contributed by atoms with Gasteiger partial charge in [0.2, 0.25) is 0 Å². The average molecular weight is 409 g/mol. The minimum atomic E-state index is 0.0856. The van der Waals surface area contributed by atoms with Crippen LogP contribution in [0.15, 0.2) is 84.9 Å². The Morgan fingerprint density at radius 3 is 2.16 bits per heavy atom. The Morgan fingerprint density at radius 2 is 1.45 bits per heavy atom. The number of rotatable bonds is 3. The van der Waals surface area contributed by atoms with Crippen molar-refractivity contribution in [3.63, 3.8) is 0 Å². The van der Waals surface area contributed by atoms with Crippen molar-refractivity contribution in [1.29, 1.82) is 0 Å². The molecule has 1 aromatic heterocycles. The number of amides is 1. The van der Waals surface area contributed by atoms with Gasteiger partial charge in [0.25, 0.3) is 5.91 Å². The third kappa shape index (κ3) is 3.63. The molecule has 1 aliphatic rings. The Hall–Kier alpha value is -3.73. The number of carbonyl (C=O) groups excluding carboxylic acids is 1. The number of anilines is 1. The number of carbonyl (C=O) groups is 1. The van der Waals surface area contributed by atoms with Crippen molar-refractivity contribution in [3.05, 3.63) is 90.5 Å². The number of piperazine rings is 1. The first-order chi connectivity index (χ1) is 15.2. The highest BCUT2D eigenvalue weighted by Crippen LogP contribution is 2.32. The van der Waals surface area contributed by atoms with Crippen molar-refractivity contribution < 1.29 is 4.79 Å². The molecular weight excluding hydrogens is 384 g/mol. The van der Waals surface area contributed by atoms with Crippen LogP contribution in [0.1, 0.15) is 17.3 Å². The Labute approximate surface area is 182 Å². The number of hydrogen-bond acceptors (Lipinski definition) is 4. The summed E-state index contributed by atoms with van der Waals surface area (Å²) in [5.41, 5.74) is 2.69. The second-order valence-corrected chi connectivity index (χ2v) is 7.94. The molecule has 0 spiro atoms. The highest BCUT2D eigenvalue weighted by molar-refractivity contribution is 6.00. The van der Waals surface area contributed by atoms with Gasteiger partial charge >= 0.3 is 0 Å². The largest absolute Gasteiger partial charge is 0.348 e. The van der Waals surface area contributed by atoms with E-state index in [-0.39, 0.29) is 11.9 Å². The van der Waals surface area contributed by atoms with Gasteiger partial charge in [0.1, 0.15) is 5.69 Å². The van der Waals surface area contributed by atoms with Crippen LogP contribution in [0.2, 0.25) is 0 Å². The van der Waals surface area contributed by atoms with E-state index in [0.29, 0.717) is 13.1 Å². The quantitative estimate of drug-likeness (QED) is 0.495. The molecule has 1 atom stereocenters. The van der Waals surface area contributed by atoms with Gasteiger partial charge < -0.3 is 9.80 Å². The third-order valence-corrected chi connectivity index (χ3v) is 5.92. The molecule has 1 aliphatic heterocycles. The van der Waals surface area contributed by atoms with Gasteiger partial charge in [-0.2, -0.15) is 0 Å². The second kappa shape index (κ2) is 8.19. The first-order valence-electron chi connectivity index (χ1n) is 10.6. The molecule has 3 aromatic carbocycles. The van der Waals surface area contributed by atoms with E-state index in [0.717, 1.165) is 40.0 Å². The van der Waals surface area contributed by atoms with Crippen LogP contribution in [0, 0.1) is 0 Å². The number of fused-ring (bicyclic) bond motifs is 1. The summed E-state index contributed by atoms with van der Waals surface area (Å²) in [6.07, 6.45) is 0. The maximum atomic E-state index is 12.9. The van der Waals surface area contributed by atoms with E-state index in [2.05, 4.69) is 46.3 Å². The molecule has 1 saturated heterocycles. The average Bonchev–Trinajstić information content (AvgIpc) is 2.84. The van der Waals surface area contributed by atoms with Crippen LogP contribution in [0.3, 0.4) is 0 Å². The van der Waals surface area contributed by atoms with E-state index in [4.69, 9.17) is 0 Å². The van der Waals surface area contributed by atoms with Crippen LogP contribution < -0.4 is 4.90 Å². The van der Waals surface area contributed by atoms with Gasteiger partial charge in [-0.05, 0) is 19.1 Å². The lowest BCUT2D eigenvalue weighted by Gasteiger charge is -2.40. The highest BCUT2D eigenvalue weighted by Gasteiger charge is 2.29. The van der Waals surface area contributed by atoms with Crippen LogP contribution in [0.25, 0.3) is 22.0 Å². The van der Waals surface area contributed by atoms with Gasteiger partial charge in [0.05, 0.1) is 0 Å². The zero-order valence-electron chi connectivity index (χ0n) is 17.5. The number of benzene rings is 3. The Morgan fingerprint density at radius 1 is 0.806 bits per heavy atom. The standard InChI is InChI=1S/C26H24N4O/c1-19-18-29(26(31)21-12-6-3-7-13-21)16-17-30(19)25-23-15-9-8-14-22(23)24(27-28-25)20-10-4-2-5-11-20/h2-15,19H,16-18H2,1H3/t19-/m0/s1. The molecule has 0 radical (unpaired) electrons. The van der Waals surface area contributed by atoms with Gasteiger partial charge in [-0.25, -0.2) is 0 Å². The minimum Gasteiger partial charge on any atom is -0.348 e. The van der Waals surface area contributed by atoms with Crippen molar-refractivity contribution in [1.82, 2.24) is 15.1 Å². The van der Waals surface area contributed by atoms with Crippen LogP contribution in [0.4, 0.5) is 5.82 Å². The van der Waals surface area contributed by atoms with E-state index in [1.807, 2.05) is 65.6 Å². The fourth-order valence-corrected chi connectivity index (χ4v) is 4.33. The summed E-state index contributed by atoms with van der Waals surface area (Å²) in [6, 6.07) is 28.1. The summed E-state index contributed by atoms with van der Waals surface area (Å²) < 4.78 is 0. The molecule has 0 aliphatic carbocycles. The predicted octanol–water partition coefficient (Wildman–Crippen LogP) is 4.65. The van der Waals surface area contributed by atoms with Gasteiger partial charge in [-0.15, -0.1) is 10.2 Å². The monoisotopic (exact) mass is 408 g/mol. The molecule has 0 bridgehead atoms. The summed E-state index contributed by atoms with van der Waals surface area (Å²) in [4.78, 5) is 17.1. The molecule has 5 heteroatoms. The van der Waals surface area contributed by atoms with Crippen molar-refractivity contribution in [3.8, 4) is 11.3 Å². The molecule has 0 N–H and O–H groups in total. The van der Waals surface area contributed by atoms with Crippen LogP contribution >= 0.6 is 0 Å². The zero-order chi connectivity index (χ0) is 21.2. The summed E-state index contributed by atoms with van der Waals surface area (Å²) in [5.74, 6) is 0.969. The first-order valence-corrected chi connectivity index (χ1v) is 10.6. The smallest absolute Gasteiger partial charge is 0.253 e. The number of hydrogen-bond donors (Lipinski definition) is 0. The molecule has 31 heavy (non-hydrogen) atoms. The Bertz CT molecular complexity index is 1210. The molecule has 5 nitrogen and oxygen atoms in total. The van der Waals surface area contributed by atoms with Crippen LogP contribution in [-0.2, 0) is 0 Å². The lowest BCUT2D eigenvalue weighted by Crippen LogP contribution is -2.54. The molecule has 2 heterocycles. The molecule has 154 valence electrons. The normalized spacial score (nSPS) is 16.5. The second-order valence-electron chi connectivity index (χ2n) is 7.94. The van der Waals surface area contributed by atoms with E-state index >= 15 is 0 Å². The highest BCUT2D eigenvalue weighted by atomic mass is 16.2. The van der Waals surface area contributed by atoms with Gasteiger partial charge in [0, 0.05) is 47.6 Å². The molecule has 5 rings (SSSR count). The molecular formula is C26H24N4O. The summed E-state index contributed by atoms with van der Waals surface area (Å²) in [5, 5.41) is 11.5. The first kappa shape index (κ1) is 19.2. The predicted molar refractivity (Wildman–Crippen MR) is 124 cm³/mol. The van der Waals surface area contributed by atoms with Crippen molar-refractivity contribution in [2.24, 2.45) is 0 Å². The van der Waals surface area contributed by atoms with Gasteiger partial charge in [-0.3, -0.25) is 4.79 Å². The topological polar surface area (TPSA) is 49.3 Å². The number of aromatic nitrogens is 2. The van der Waals surface area contributed by atoms with Crippen molar-refractivity contribution in [2.75, 3.05) is 24.5 Å². The fourth-order valence-electron chi connectivity index (χ4n) is 4.33. The van der Waals surface area contributed by atoms with E-state index in [9.17, 15) is 4.79 Å². The van der Waals surface area contributed by atoms with E-state index < -0.39 is 0 Å². The lowest BCUT2D eigenvalue weighted by atomic mass is 10.0. The van der Waals surface area contributed by atoms with Gasteiger partial charge in [0.15, 0.2) is 5.82 Å². The molecule has 4 aromatic rings. The summed E-state index contributed by atoms with van der Waals surface area (Å²) >= 11 is 0. The molecule has 0 saturated carbocycles. The minimum absolute atomic E-state index is 0.0856. The zero-order valence-corrected chi connectivity index (χ0v) is 17.5. The summed E-state index contributed by atoms with van der Waals surface area (Å²) in [6.45, 7) is 4.19. The lowest BCUT2D eigenvalue weighted by molar-refractivity contribution is 0.0726. The van der Waals surface area contributed by atoms with Crippen molar-refractivity contribution in [2.45, 2.75) is 13.0 Å². The fraction of sp³-hybridized carbons (Fsp3) is 0.192. The Kier molecular flexibility index (Phi) is 5.08. The maximum Gasteiger partial charge on any atom is 0.253 e.